The van der Waals surface area contributed by atoms with E-state index in [1.807, 2.05) is 6.07 Å². The first kappa shape index (κ1) is 18.7. The number of aromatic nitrogens is 1. The van der Waals surface area contributed by atoms with Crippen LogP contribution < -0.4 is 10.6 Å². The second-order valence-electron chi connectivity index (χ2n) is 6.81. The molecule has 142 valence electrons. The van der Waals surface area contributed by atoms with Gasteiger partial charge in [0.15, 0.2) is 6.61 Å². The lowest BCUT2D eigenvalue weighted by Crippen LogP contribution is -2.41. The molecular formula is C20H23N3O4. The van der Waals surface area contributed by atoms with Gasteiger partial charge in [0, 0.05) is 23.1 Å². The van der Waals surface area contributed by atoms with E-state index in [-0.39, 0.29) is 6.54 Å². The predicted octanol–water partition coefficient (Wildman–Crippen LogP) is 2.46. The molecule has 1 aliphatic carbocycles. The van der Waals surface area contributed by atoms with Crippen molar-refractivity contribution < 1.29 is 19.1 Å². The van der Waals surface area contributed by atoms with Crippen LogP contribution in [0.4, 0.5) is 4.79 Å². The standard InChI is InChI=1S/C20H23N3O4/c1-3-8-21-20(26)23-18(24)11-27-19(25)13-5-7-17-15(10-13)14-9-12(2)4-6-16(14)22-17/h3,5,7,10,12,22H,1,4,6,8-9,11H2,2H3,(H2,21,23,24,26). The fourth-order valence-corrected chi connectivity index (χ4v) is 3.30. The van der Waals surface area contributed by atoms with E-state index in [0.29, 0.717) is 11.5 Å². The van der Waals surface area contributed by atoms with Crippen molar-refractivity contribution in [2.24, 2.45) is 5.92 Å². The third-order valence-electron chi connectivity index (χ3n) is 4.66. The molecule has 0 aliphatic heterocycles. The summed E-state index contributed by atoms with van der Waals surface area (Å²) in [5, 5.41) is 5.50. The summed E-state index contributed by atoms with van der Waals surface area (Å²) in [4.78, 5) is 38.7. The van der Waals surface area contributed by atoms with Gasteiger partial charge in [-0.1, -0.05) is 13.0 Å². The van der Waals surface area contributed by atoms with Crippen molar-refractivity contribution in [3.05, 3.63) is 47.7 Å². The van der Waals surface area contributed by atoms with Crippen LogP contribution in [-0.2, 0) is 22.4 Å². The van der Waals surface area contributed by atoms with Crippen LogP contribution in [0.5, 0.6) is 0 Å². The minimum absolute atomic E-state index is 0.235. The number of aryl methyl sites for hydroxylation is 1. The summed E-state index contributed by atoms with van der Waals surface area (Å²) < 4.78 is 5.02. The summed E-state index contributed by atoms with van der Waals surface area (Å²) >= 11 is 0. The largest absolute Gasteiger partial charge is 0.452 e. The second kappa shape index (κ2) is 8.07. The first-order chi connectivity index (χ1) is 13.0. The van der Waals surface area contributed by atoms with Gasteiger partial charge in [-0.05, 0) is 48.9 Å². The number of hydrogen-bond acceptors (Lipinski definition) is 4. The number of carbonyl (C=O) groups excluding carboxylic acids is 3. The highest BCUT2D eigenvalue weighted by Crippen LogP contribution is 2.32. The van der Waals surface area contributed by atoms with Crippen LogP contribution in [0, 0.1) is 5.92 Å². The number of aromatic amines is 1. The van der Waals surface area contributed by atoms with Gasteiger partial charge in [0.1, 0.15) is 0 Å². The number of ether oxygens (including phenoxy) is 1. The van der Waals surface area contributed by atoms with Gasteiger partial charge in [-0.2, -0.15) is 0 Å². The molecule has 1 heterocycles. The zero-order chi connectivity index (χ0) is 19.4. The Morgan fingerprint density at radius 3 is 2.96 bits per heavy atom. The second-order valence-corrected chi connectivity index (χ2v) is 6.81. The van der Waals surface area contributed by atoms with Crippen molar-refractivity contribution in [1.29, 1.82) is 0 Å². The maximum absolute atomic E-state index is 12.3. The van der Waals surface area contributed by atoms with Crippen molar-refractivity contribution in [1.82, 2.24) is 15.6 Å². The van der Waals surface area contributed by atoms with E-state index >= 15 is 0 Å². The zero-order valence-electron chi connectivity index (χ0n) is 15.3. The molecule has 0 saturated carbocycles. The molecule has 0 bridgehead atoms. The number of nitrogens with one attached hydrogen (secondary N) is 3. The number of urea groups is 1. The summed E-state index contributed by atoms with van der Waals surface area (Å²) in [6, 6.07) is 4.67. The Kier molecular flexibility index (Phi) is 5.59. The van der Waals surface area contributed by atoms with Crippen LogP contribution in [0.15, 0.2) is 30.9 Å². The normalized spacial score (nSPS) is 15.7. The van der Waals surface area contributed by atoms with Gasteiger partial charge in [0.05, 0.1) is 5.56 Å². The van der Waals surface area contributed by atoms with Crippen LogP contribution in [0.1, 0.15) is 35.0 Å². The number of benzene rings is 1. The lowest BCUT2D eigenvalue weighted by atomic mass is 9.87. The number of rotatable bonds is 5. The molecule has 1 aromatic heterocycles. The van der Waals surface area contributed by atoms with E-state index in [1.165, 1.54) is 17.3 Å². The Morgan fingerprint density at radius 2 is 2.19 bits per heavy atom. The van der Waals surface area contributed by atoms with E-state index in [1.54, 1.807) is 12.1 Å². The molecule has 0 radical (unpaired) electrons. The third-order valence-corrected chi connectivity index (χ3v) is 4.66. The summed E-state index contributed by atoms with van der Waals surface area (Å²) in [5.41, 5.74) is 3.88. The first-order valence-electron chi connectivity index (χ1n) is 8.97. The molecule has 1 atom stereocenters. The van der Waals surface area contributed by atoms with Gasteiger partial charge in [-0.3, -0.25) is 10.1 Å². The number of fused-ring (bicyclic) bond motifs is 3. The number of H-pyrrole nitrogens is 1. The smallest absolute Gasteiger partial charge is 0.338 e. The summed E-state index contributed by atoms with van der Waals surface area (Å²) in [5.74, 6) is -0.681. The van der Waals surface area contributed by atoms with E-state index in [4.69, 9.17) is 4.74 Å². The molecule has 7 nitrogen and oxygen atoms in total. The summed E-state index contributed by atoms with van der Waals surface area (Å²) in [6.07, 6.45) is 4.64. The van der Waals surface area contributed by atoms with E-state index in [2.05, 4.69) is 29.1 Å². The van der Waals surface area contributed by atoms with Gasteiger partial charge in [-0.25, -0.2) is 9.59 Å². The Labute approximate surface area is 157 Å². The Balaban J connectivity index is 1.64. The lowest BCUT2D eigenvalue weighted by molar-refractivity contribution is -0.123. The van der Waals surface area contributed by atoms with Crippen molar-refractivity contribution in [2.45, 2.75) is 26.2 Å². The number of hydrogen-bond donors (Lipinski definition) is 3. The molecule has 3 amide bonds. The molecule has 0 saturated heterocycles. The van der Waals surface area contributed by atoms with Gasteiger partial charge in [-0.15, -0.1) is 6.58 Å². The van der Waals surface area contributed by atoms with Crippen LogP contribution >= 0.6 is 0 Å². The molecule has 0 fully saturated rings. The minimum atomic E-state index is -0.696. The van der Waals surface area contributed by atoms with Crippen LogP contribution in [0.3, 0.4) is 0 Å². The van der Waals surface area contributed by atoms with Gasteiger partial charge in [0.2, 0.25) is 0 Å². The molecule has 27 heavy (non-hydrogen) atoms. The molecule has 2 aromatic rings. The fraction of sp³-hybridized carbons (Fsp3) is 0.350. The van der Waals surface area contributed by atoms with Gasteiger partial charge < -0.3 is 15.0 Å². The average molecular weight is 369 g/mol. The highest BCUT2D eigenvalue weighted by molar-refractivity contribution is 5.99. The van der Waals surface area contributed by atoms with E-state index in [0.717, 1.165) is 30.2 Å². The molecule has 3 N–H and O–H groups in total. The number of amides is 3. The van der Waals surface area contributed by atoms with E-state index in [9.17, 15) is 14.4 Å². The maximum Gasteiger partial charge on any atom is 0.338 e. The van der Waals surface area contributed by atoms with Crippen molar-refractivity contribution in [3.63, 3.8) is 0 Å². The lowest BCUT2D eigenvalue weighted by Gasteiger charge is -2.18. The first-order valence-corrected chi connectivity index (χ1v) is 8.97. The molecule has 7 heteroatoms. The average Bonchev–Trinajstić information content (AvgIpc) is 3.01. The van der Waals surface area contributed by atoms with Gasteiger partial charge in [0.25, 0.3) is 5.91 Å². The van der Waals surface area contributed by atoms with Crippen LogP contribution in [0.2, 0.25) is 0 Å². The summed E-state index contributed by atoms with van der Waals surface area (Å²) in [7, 11) is 0. The van der Waals surface area contributed by atoms with Crippen molar-refractivity contribution >= 4 is 28.8 Å². The minimum Gasteiger partial charge on any atom is -0.452 e. The van der Waals surface area contributed by atoms with Gasteiger partial charge >= 0.3 is 12.0 Å². The highest BCUT2D eigenvalue weighted by Gasteiger charge is 2.21. The topological polar surface area (TPSA) is 100 Å². The Bertz CT molecular complexity index is 900. The quantitative estimate of drug-likeness (QED) is 0.557. The number of imide groups is 1. The fourth-order valence-electron chi connectivity index (χ4n) is 3.30. The molecule has 1 unspecified atom stereocenters. The van der Waals surface area contributed by atoms with E-state index < -0.39 is 24.5 Å². The monoisotopic (exact) mass is 369 g/mol. The summed E-state index contributed by atoms with van der Waals surface area (Å²) in [6.45, 7) is 5.39. The SMILES string of the molecule is C=CCNC(=O)NC(=O)COC(=O)c1ccc2[nH]c3c(c2c1)CC(C)CC3. The molecule has 1 aromatic carbocycles. The highest BCUT2D eigenvalue weighted by atomic mass is 16.5. The maximum atomic E-state index is 12.3. The molecular weight excluding hydrogens is 346 g/mol. The number of esters is 1. The third kappa shape index (κ3) is 4.36. The zero-order valence-corrected chi connectivity index (χ0v) is 15.3. The Morgan fingerprint density at radius 1 is 1.37 bits per heavy atom. The van der Waals surface area contributed by atoms with Crippen molar-refractivity contribution in [3.8, 4) is 0 Å². The van der Waals surface area contributed by atoms with Crippen LogP contribution in [0.25, 0.3) is 10.9 Å². The Hall–Kier alpha value is -3.09. The predicted molar refractivity (Wildman–Crippen MR) is 102 cm³/mol. The number of carbonyl (C=O) groups is 3. The van der Waals surface area contributed by atoms with Crippen molar-refractivity contribution in [2.75, 3.05) is 13.2 Å². The molecule has 0 spiro atoms. The molecule has 1 aliphatic rings. The van der Waals surface area contributed by atoms with Crippen LogP contribution in [-0.4, -0.2) is 36.0 Å². The molecule has 3 rings (SSSR count).